The molecule has 0 aliphatic heterocycles. The summed E-state index contributed by atoms with van der Waals surface area (Å²) in [6, 6.07) is 8.24. The molecule has 1 aromatic heterocycles. The second kappa shape index (κ2) is 8.41. The van der Waals surface area contributed by atoms with Crippen molar-refractivity contribution in [1.82, 2.24) is 10.3 Å². The molecular formula is C23H30N2O4. The highest BCUT2D eigenvalue weighted by Crippen LogP contribution is 2.41. The predicted octanol–water partition coefficient (Wildman–Crippen LogP) is 3.98. The van der Waals surface area contributed by atoms with E-state index in [9.17, 15) is 9.59 Å². The van der Waals surface area contributed by atoms with Crippen molar-refractivity contribution in [3.8, 4) is 0 Å². The molecule has 1 atom stereocenters. The summed E-state index contributed by atoms with van der Waals surface area (Å²) in [5, 5.41) is 3.16. The third-order valence-electron chi connectivity index (χ3n) is 5.82. The largest absolute Gasteiger partial charge is 0.460 e. The van der Waals surface area contributed by atoms with Crippen LogP contribution in [0.15, 0.2) is 24.3 Å². The van der Waals surface area contributed by atoms with Gasteiger partial charge in [0.1, 0.15) is 12.3 Å². The Morgan fingerprint density at radius 1 is 1.21 bits per heavy atom. The highest BCUT2D eigenvalue weighted by Gasteiger charge is 2.33. The first kappa shape index (κ1) is 21.1. The summed E-state index contributed by atoms with van der Waals surface area (Å²) in [7, 11) is 1.55. The van der Waals surface area contributed by atoms with Crippen LogP contribution in [-0.4, -0.2) is 37.2 Å². The Bertz CT molecular complexity index is 914. The Labute approximate surface area is 172 Å². The van der Waals surface area contributed by atoms with Crippen molar-refractivity contribution in [3.05, 3.63) is 57.9 Å². The van der Waals surface area contributed by atoms with Crippen LogP contribution in [0.1, 0.15) is 76.0 Å². The fourth-order valence-corrected chi connectivity index (χ4v) is 4.17. The van der Waals surface area contributed by atoms with E-state index < -0.39 is 5.97 Å². The van der Waals surface area contributed by atoms with Crippen LogP contribution >= 0.6 is 0 Å². The van der Waals surface area contributed by atoms with Crippen molar-refractivity contribution in [2.24, 2.45) is 0 Å². The maximum atomic E-state index is 13.0. The highest BCUT2D eigenvalue weighted by atomic mass is 16.6. The predicted molar refractivity (Wildman–Crippen MR) is 111 cm³/mol. The van der Waals surface area contributed by atoms with Crippen molar-refractivity contribution >= 4 is 11.9 Å². The van der Waals surface area contributed by atoms with Gasteiger partial charge in [-0.1, -0.05) is 38.1 Å². The number of carbonyl (C=O) groups excluding carboxylic acids is 2. The molecule has 1 unspecified atom stereocenters. The minimum atomic E-state index is -0.447. The number of hydrogen-bond acceptors (Lipinski definition) is 4. The quantitative estimate of drug-likeness (QED) is 0.570. The van der Waals surface area contributed by atoms with Crippen LogP contribution in [0.5, 0.6) is 0 Å². The average Bonchev–Trinajstić information content (AvgIpc) is 2.99. The maximum absolute atomic E-state index is 13.0. The lowest BCUT2D eigenvalue weighted by Gasteiger charge is -2.37. The molecule has 3 rings (SSSR count). The summed E-state index contributed by atoms with van der Waals surface area (Å²) in [6.07, 6.45) is 1.87. The summed E-state index contributed by atoms with van der Waals surface area (Å²) < 4.78 is 10.1. The van der Waals surface area contributed by atoms with Gasteiger partial charge >= 0.3 is 5.97 Å². The number of rotatable bonds is 6. The number of carbonyl (C=O) groups is 2. The zero-order chi connectivity index (χ0) is 21.2. The minimum absolute atomic E-state index is 0.0492. The molecule has 2 N–H and O–H groups in total. The second-order valence-electron chi connectivity index (χ2n) is 8.29. The number of amides is 1. The number of benzene rings is 1. The maximum Gasteiger partial charge on any atom is 0.340 e. The molecule has 1 aliphatic carbocycles. The van der Waals surface area contributed by atoms with Crippen molar-refractivity contribution in [1.29, 1.82) is 0 Å². The molecule has 0 spiro atoms. The zero-order valence-corrected chi connectivity index (χ0v) is 17.8. The van der Waals surface area contributed by atoms with Crippen molar-refractivity contribution in [2.45, 2.75) is 52.0 Å². The number of ether oxygens (including phenoxy) is 2. The number of H-pyrrole nitrogens is 1. The van der Waals surface area contributed by atoms with Gasteiger partial charge in [-0.3, -0.25) is 4.79 Å². The number of esters is 1. The van der Waals surface area contributed by atoms with Crippen molar-refractivity contribution in [2.75, 3.05) is 20.3 Å². The van der Waals surface area contributed by atoms with Crippen LogP contribution in [0.4, 0.5) is 0 Å². The van der Waals surface area contributed by atoms with Crippen molar-refractivity contribution in [3.63, 3.8) is 0 Å². The molecule has 1 heterocycles. The molecule has 6 heteroatoms. The SMILES string of the molecule is COCCOC(=O)c1c(C)[nH]c(C(=O)NC2CCC(C)(C)c3ccccc32)c1C. The molecular weight excluding hydrogens is 368 g/mol. The number of methoxy groups -OCH3 is 1. The van der Waals surface area contributed by atoms with E-state index in [1.165, 1.54) is 5.56 Å². The molecule has 1 amide bonds. The van der Waals surface area contributed by atoms with Gasteiger partial charge in [0.05, 0.1) is 18.2 Å². The minimum Gasteiger partial charge on any atom is -0.460 e. The fourth-order valence-electron chi connectivity index (χ4n) is 4.17. The van der Waals surface area contributed by atoms with Crippen LogP contribution in [0.25, 0.3) is 0 Å². The first-order valence-electron chi connectivity index (χ1n) is 10.0. The van der Waals surface area contributed by atoms with E-state index in [4.69, 9.17) is 9.47 Å². The van der Waals surface area contributed by atoms with Gasteiger partial charge in [-0.05, 0) is 48.8 Å². The second-order valence-corrected chi connectivity index (χ2v) is 8.29. The summed E-state index contributed by atoms with van der Waals surface area (Å²) in [4.78, 5) is 28.5. The monoisotopic (exact) mass is 398 g/mol. The third-order valence-corrected chi connectivity index (χ3v) is 5.82. The van der Waals surface area contributed by atoms with E-state index in [1.54, 1.807) is 21.0 Å². The summed E-state index contributed by atoms with van der Waals surface area (Å²) >= 11 is 0. The average molecular weight is 399 g/mol. The number of nitrogens with one attached hydrogen (secondary N) is 2. The molecule has 2 aromatic rings. The van der Waals surface area contributed by atoms with Gasteiger partial charge < -0.3 is 19.8 Å². The van der Waals surface area contributed by atoms with Gasteiger partial charge in [-0.15, -0.1) is 0 Å². The van der Waals surface area contributed by atoms with Crippen LogP contribution in [0.2, 0.25) is 0 Å². The molecule has 6 nitrogen and oxygen atoms in total. The van der Waals surface area contributed by atoms with E-state index in [0.29, 0.717) is 29.1 Å². The summed E-state index contributed by atoms with van der Waals surface area (Å²) in [5.74, 6) is -0.654. The summed E-state index contributed by atoms with van der Waals surface area (Å²) in [5.41, 5.74) is 4.58. The fraction of sp³-hybridized carbons (Fsp3) is 0.478. The first-order valence-corrected chi connectivity index (χ1v) is 10.0. The van der Waals surface area contributed by atoms with Crippen molar-refractivity contribution < 1.29 is 19.1 Å². The molecule has 156 valence electrons. The standard InChI is InChI=1S/C23H30N2O4/c1-14-19(22(27)29-13-12-28-5)15(2)24-20(14)21(26)25-18-10-11-23(3,4)17-9-7-6-8-16(17)18/h6-9,18,24H,10-13H2,1-5H3,(H,25,26). The van der Waals surface area contributed by atoms with E-state index in [1.807, 2.05) is 12.1 Å². The van der Waals surface area contributed by atoms with Gasteiger partial charge in [0, 0.05) is 12.8 Å². The lowest BCUT2D eigenvalue weighted by Crippen LogP contribution is -2.36. The summed E-state index contributed by atoms with van der Waals surface area (Å²) in [6.45, 7) is 8.53. The van der Waals surface area contributed by atoms with Crippen LogP contribution < -0.4 is 5.32 Å². The van der Waals surface area contributed by atoms with Crippen LogP contribution in [-0.2, 0) is 14.9 Å². The van der Waals surface area contributed by atoms with E-state index in [2.05, 4.69) is 36.3 Å². The van der Waals surface area contributed by atoms with Gasteiger partial charge in [0.2, 0.25) is 0 Å². The van der Waals surface area contributed by atoms with Crippen LogP contribution in [0.3, 0.4) is 0 Å². The molecule has 29 heavy (non-hydrogen) atoms. The Morgan fingerprint density at radius 2 is 1.93 bits per heavy atom. The molecule has 0 bridgehead atoms. The van der Waals surface area contributed by atoms with E-state index in [-0.39, 0.29) is 24.0 Å². The number of aromatic amines is 1. The molecule has 1 aliphatic rings. The number of hydrogen-bond donors (Lipinski definition) is 2. The molecule has 0 radical (unpaired) electrons. The number of aromatic nitrogens is 1. The van der Waals surface area contributed by atoms with Gasteiger partial charge in [-0.2, -0.15) is 0 Å². The lowest BCUT2D eigenvalue weighted by atomic mass is 9.71. The molecule has 0 fully saturated rings. The van der Waals surface area contributed by atoms with E-state index in [0.717, 1.165) is 18.4 Å². The smallest absolute Gasteiger partial charge is 0.340 e. The first-order chi connectivity index (χ1) is 13.8. The Balaban J connectivity index is 1.80. The Kier molecular flexibility index (Phi) is 6.13. The Morgan fingerprint density at radius 3 is 2.66 bits per heavy atom. The topological polar surface area (TPSA) is 80.4 Å². The van der Waals surface area contributed by atoms with Gasteiger partial charge in [-0.25, -0.2) is 4.79 Å². The normalized spacial score (nSPS) is 17.5. The molecule has 1 aromatic carbocycles. The highest BCUT2D eigenvalue weighted by molar-refractivity contribution is 6.00. The van der Waals surface area contributed by atoms with Crippen LogP contribution in [0, 0.1) is 13.8 Å². The lowest BCUT2D eigenvalue weighted by molar-refractivity contribution is 0.0387. The Hall–Kier alpha value is -2.60. The van der Waals surface area contributed by atoms with Gasteiger partial charge in [0.15, 0.2) is 0 Å². The molecule has 0 saturated heterocycles. The third kappa shape index (κ3) is 4.22. The zero-order valence-electron chi connectivity index (χ0n) is 17.8. The molecule has 0 saturated carbocycles. The van der Waals surface area contributed by atoms with Gasteiger partial charge in [0.25, 0.3) is 5.91 Å². The number of fused-ring (bicyclic) bond motifs is 1. The van der Waals surface area contributed by atoms with E-state index >= 15 is 0 Å². The number of aryl methyl sites for hydroxylation is 1.